The molecule has 2 aromatic carbocycles. The van der Waals surface area contributed by atoms with Crippen molar-refractivity contribution in [1.29, 1.82) is 0 Å². The summed E-state index contributed by atoms with van der Waals surface area (Å²) in [5, 5.41) is 11.9. The number of amides is 2. The molecule has 4 rings (SSSR count). The number of hydrogen-bond acceptors (Lipinski definition) is 4. The maximum atomic E-state index is 13.1. The number of ether oxygens (including phenoxy) is 1. The number of rotatable bonds is 8. The quantitative estimate of drug-likeness (QED) is 0.582. The Kier molecular flexibility index (Phi) is 7.15. The van der Waals surface area contributed by atoms with Gasteiger partial charge in [0.05, 0.1) is 6.42 Å². The van der Waals surface area contributed by atoms with E-state index in [-0.39, 0.29) is 36.7 Å². The van der Waals surface area contributed by atoms with Gasteiger partial charge in [-0.2, -0.15) is 0 Å². The van der Waals surface area contributed by atoms with Crippen LogP contribution in [0.25, 0.3) is 11.1 Å². The number of carboxylic acids is 1. The van der Waals surface area contributed by atoms with Gasteiger partial charge in [-0.05, 0) is 40.5 Å². The van der Waals surface area contributed by atoms with Crippen molar-refractivity contribution in [2.24, 2.45) is 17.3 Å². The SMILES string of the molecule is C[C@@H]1CN(C(=O)C(C)(C)CCNC(=O)OCC2c3ccccc3-c3ccccc32)C[C@H]1CC(=O)O. The molecule has 1 aliphatic carbocycles. The Morgan fingerprint density at radius 3 is 2.23 bits per heavy atom. The van der Waals surface area contributed by atoms with E-state index < -0.39 is 17.5 Å². The maximum absolute atomic E-state index is 13.1. The van der Waals surface area contributed by atoms with Gasteiger partial charge in [-0.15, -0.1) is 0 Å². The lowest BCUT2D eigenvalue weighted by Crippen LogP contribution is -2.42. The second-order valence-electron chi connectivity index (χ2n) is 10.4. The van der Waals surface area contributed by atoms with Crippen LogP contribution in [-0.2, 0) is 14.3 Å². The van der Waals surface area contributed by atoms with Crippen molar-refractivity contribution in [1.82, 2.24) is 10.2 Å². The second-order valence-corrected chi connectivity index (χ2v) is 10.4. The van der Waals surface area contributed by atoms with Crippen LogP contribution < -0.4 is 5.32 Å². The molecule has 2 atom stereocenters. The van der Waals surface area contributed by atoms with E-state index in [1.165, 1.54) is 11.1 Å². The molecule has 0 bridgehead atoms. The fourth-order valence-corrected chi connectivity index (χ4v) is 5.35. The van der Waals surface area contributed by atoms with Gasteiger partial charge in [-0.1, -0.05) is 69.3 Å². The number of fused-ring (bicyclic) bond motifs is 3. The second kappa shape index (κ2) is 10.1. The number of carboxylic acid groups (broad SMARTS) is 1. The van der Waals surface area contributed by atoms with Crippen molar-refractivity contribution in [2.45, 2.75) is 39.5 Å². The topological polar surface area (TPSA) is 95.9 Å². The third-order valence-corrected chi connectivity index (χ3v) is 7.43. The molecule has 1 saturated heterocycles. The zero-order valence-electron chi connectivity index (χ0n) is 20.6. The summed E-state index contributed by atoms with van der Waals surface area (Å²) in [4.78, 5) is 38.4. The van der Waals surface area contributed by atoms with E-state index in [0.29, 0.717) is 26.1 Å². The van der Waals surface area contributed by atoms with Gasteiger partial charge >= 0.3 is 12.1 Å². The molecule has 0 aromatic heterocycles. The summed E-state index contributed by atoms with van der Waals surface area (Å²) >= 11 is 0. The number of likely N-dealkylation sites (tertiary alicyclic amines) is 1. The van der Waals surface area contributed by atoms with Gasteiger partial charge in [-0.3, -0.25) is 9.59 Å². The van der Waals surface area contributed by atoms with Crippen LogP contribution >= 0.6 is 0 Å². The molecule has 0 unspecified atom stereocenters. The number of nitrogens with zero attached hydrogens (tertiary/aromatic N) is 1. The van der Waals surface area contributed by atoms with Gasteiger partial charge in [0.15, 0.2) is 0 Å². The lowest BCUT2D eigenvalue weighted by molar-refractivity contribution is -0.141. The minimum Gasteiger partial charge on any atom is -0.481 e. The van der Waals surface area contributed by atoms with Gasteiger partial charge in [0.25, 0.3) is 0 Å². The summed E-state index contributed by atoms with van der Waals surface area (Å²) in [6.07, 6.45) is 0.0468. The Bertz CT molecular complexity index is 1070. The van der Waals surface area contributed by atoms with Gasteiger partial charge in [0, 0.05) is 31.0 Å². The van der Waals surface area contributed by atoms with Gasteiger partial charge < -0.3 is 20.1 Å². The molecule has 35 heavy (non-hydrogen) atoms. The van der Waals surface area contributed by atoms with E-state index >= 15 is 0 Å². The average molecular weight is 479 g/mol. The minimum absolute atomic E-state index is 0.00192. The molecule has 0 saturated carbocycles. The number of alkyl carbamates (subject to hydrolysis) is 1. The van der Waals surface area contributed by atoms with Crippen LogP contribution in [0.15, 0.2) is 48.5 Å². The van der Waals surface area contributed by atoms with Crippen molar-refractivity contribution in [2.75, 3.05) is 26.2 Å². The first kappa shape index (κ1) is 24.8. The first-order chi connectivity index (χ1) is 16.7. The van der Waals surface area contributed by atoms with E-state index in [1.807, 2.05) is 45.0 Å². The lowest BCUT2D eigenvalue weighted by Gasteiger charge is -2.29. The van der Waals surface area contributed by atoms with Crippen molar-refractivity contribution >= 4 is 18.0 Å². The van der Waals surface area contributed by atoms with Crippen LogP contribution in [-0.4, -0.2) is 54.2 Å². The Labute approximate surface area is 206 Å². The Morgan fingerprint density at radius 1 is 1.03 bits per heavy atom. The molecule has 1 fully saturated rings. The molecule has 2 aromatic rings. The molecular formula is C28H34N2O5. The Balaban J connectivity index is 1.27. The highest BCUT2D eigenvalue weighted by atomic mass is 16.5. The smallest absolute Gasteiger partial charge is 0.407 e. The number of carbonyl (C=O) groups excluding carboxylic acids is 2. The molecule has 0 spiro atoms. The fourth-order valence-electron chi connectivity index (χ4n) is 5.35. The standard InChI is InChI=1S/C28H34N2O5/c1-18-15-30(16-19(18)14-25(31)32)26(33)28(2,3)12-13-29-27(34)35-17-24-22-10-6-4-8-20(22)21-9-5-7-11-23(21)24/h4-11,18-19,24H,12-17H2,1-3H3,(H,29,34)(H,31,32)/t18-,19-/m1/s1. The number of nitrogens with one attached hydrogen (secondary N) is 1. The Morgan fingerprint density at radius 2 is 1.63 bits per heavy atom. The summed E-state index contributed by atoms with van der Waals surface area (Å²) in [5.41, 5.74) is 4.01. The summed E-state index contributed by atoms with van der Waals surface area (Å²) < 4.78 is 5.58. The molecule has 186 valence electrons. The van der Waals surface area contributed by atoms with Gasteiger partial charge in [0.2, 0.25) is 5.91 Å². The van der Waals surface area contributed by atoms with E-state index in [0.717, 1.165) is 11.1 Å². The summed E-state index contributed by atoms with van der Waals surface area (Å²) in [5.74, 6) is -0.702. The van der Waals surface area contributed by atoms with Crippen LogP contribution in [0.5, 0.6) is 0 Å². The number of hydrogen-bond donors (Lipinski definition) is 2. The highest BCUT2D eigenvalue weighted by molar-refractivity contribution is 5.82. The van der Waals surface area contributed by atoms with Crippen LogP contribution in [0.3, 0.4) is 0 Å². The predicted octanol–water partition coefficient (Wildman–Crippen LogP) is 4.51. The molecule has 1 heterocycles. The van der Waals surface area contributed by atoms with E-state index in [4.69, 9.17) is 9.84 Å². The third kappa shape index (κ3) is 5.34. The fraction of sp³-hybridized carbons (Fsp3) is 0.464. The minimum atomic E-state index is -0.831. The summed E-state index contributed by atoms with van der Waals surface area (Å²) in [6, 6.07) is 16.4. The lowest BCUT2D eigenvalue weighted by atomic mass is 9.87. The van der Waals surface area contributed by atoms with E-state index in [9.17, 15) is 14.4 Å². The zero-order chi connectivity index (χ0) is 25.2. The monoisotopic (exact) mass is 478 g/mol. The van der Waals surface area contributed by atoms with Crippen LogP contribution in [0.1, 0.15) is 50.7 Å². The molecule has 7 nitrogen and oxygen atoms in total. The largest absolute Gasteiger partial charge is 0.481 e. The van der Waals surface area contributed by atoms with Crippen LogP contribution in [0.4, 0.5) is 4.79 Å². The molecule has 2 aliphatic rings. The molecular weight excluding hydrogens is 444 g/mol. The first-order valence-corrected chi connectivity index (χ1v) is 12.3. The molecule has 0 radical (unpaired) electrons. The van der Waals surface area contributed by atoms with Gasteiger partial charge in [-0.25, -0.2) is 4.79 Å². The maximum Gasteiger partial charge on any atom is 0.407 e. The predicted molar refractivity (Wildman–Crippen MR) is 133 cm³/mol. The van der Waals surface area contributed by atoms with Crippen molar-refractivity contribution in [3.63, 3.8) is 0 Å². The highest BCUT2D eigenvalue weighted by Gasteiger charge is 2.39. The number of aliphatic carboxylic acids is 1. The number of carbonyl (C=O) groups is 3. The summed E-state index contributed by atoms with van der Waals surface area (Å²) in [7, 11) is 0. The first-order valence-electron chi connectivity index (χ1n) is 12.3. The zero-order valence-corrected chi connectivity index (χ0v) is 20.6. The van der Waals surface area contributed by atoms with Crippen LogP contribution in [0, 0.1) is 17.3 Å². The van der Waals surface area contributed by atoms with Crippen molar-refractivity contribution < 1.29 is 24.2 Å². The highest BCUT2D eigenvalue weighted by Crippen LogP contribution is 2.44. The normalized spacial score (nSPS) is 19.2. The average Bonchev–Trinajstić information content (AvgIpc) is 3.34. The summed E-state index contributed by atoms with van der Waals surface area (Å²) in [6.45, 7) is 7.33. The third-order valence-electron chi connectivity index (χ3n) is 7.43. The van der Waals surface area contributed by atoms with E-state index in [2.05, 4.69) is 29.6 Å². The van der Waals surface area contributed by atoms with Gasteiger partial charge in [0.1, 0.15) is 6.61 Å². The molecule has 2 N–H and O–H groups in total. The van der Waals surface area contributed by atoms with Crippen molar-refractivity contribution in [3.8, 4) is 11.1 Å². The number of benzene rings is 2. The Hall–Kier alpha value is -3.35. The van der Waals surface area contributed by atoms with E-state index in [1.54, 1.807) is 4.90 Å². The van der Waals surface area contributed by atoms with Crippen molar-refractivity contribution in [3.05, 3.63) is 59.7 Å². The van der Waals surface area contributed by atoms with Crippen LogP contribution in [0.2, 0.25) is 0 Å². The molecule has 7 heteroatoms. The molecule has 1 aliphatic heterocycles. The molecule has 2 amide bonds.